The standard InChI is InChI=1S/C20H31NO6/c1-13(2)16(22)25-10-20(21-19(7,8)9,11-26-17(23)14(3)4)12-27-18(24)15(5)6/h21H,1,3,5,10-12H2,2,4,6-9H3. The summed E-state index contributed by atoms with van der Waals surface area (Å²) in [6.07, 6.45) is 0. The SMILES string of the molecule is C=C(C)C(=O)OCC(COC(=O)C(=C)C)(COC(=O)C(=C)C)NC(C)(C)C. The van der Waals surface area contributed by atoms with Crippen molar-refractivity contribution >= 4 is 17.9 Å². The highest BCUT2D eigenvalue weighted by atomic mass is 16.6. The monoisotopic (exact) mass is 381 g/mol. The van der Waals surface area contributed by atoms with Gasteiger partial charge in [0, 0.05) is 22.3 Å². The molecular formula is C20H31NO6. The van der Waals surface area contributed by atoms with Gasteiger partial charge in [-0.3, -0.25) is 5.32 Å². The molecule has 0 saturated heterocycles. The Labute approximate surface area is 161 Å². The number of hydrogen-bond acceptors (Lipinski definition) is 7. The van der Waals surface area contributed by atoms with E-state index in [2.05, 4.69) is 25.1 Å². The Morgan fingerprint density at radius 3 is 1.15 bits per heavy atom. The van der Waals surface area contributed by atoms with Gasteiger partial charge in [-0.1, -0.05) is 19.7 Å². The maximum atomic E-state index is 11.9. The molecule has 0 aliphatic rings. The predicted molar refractivity (Wildman–Crippen MR) is 103 cm³/mol. The van der Waals surface area contributed by atoms with Gasteiger partial charge in [-0.15, -0.1) is 0 Å². The van der Waals surface area contributed by atoms with E-state index in [1.807, 2.05) is 20.8 Å². The second-order valence-electron chi connectivity index (χ2n) is 7.72. The number of carbonyl (C=O) groups excluding carboxylic acids is 3. The third-order valence-electron chi connectivity index (χ3n) is 3.12. The van der Waals surface area contributed by atoms with Crippen molar-refractivity contribution in [1.29, 1.82) is 0 Å². The van der Waals surface area contributed by atoms with Crippen molar-refractivity contribution in [2.45, 2.75) is 52.6 Å². The minimum Gasteiger partial charge on any atom is -0.460 e. The van der Waals surface area contributed by atoms with Gasteiger partial charge in [0.05, 0.1) is 0 Å². The summed E-state index contributed by atoms with van der Waals surface area (Å²) in [7, 11) is 0. The van der Waals surface area contributed by atoms with E-state index in [1.54, 1.807) is 0 Å². The van der Waals surface area contributed by atoms with Gasteiger partial charge in [-0.05, 0) is 41.5 Å². The smallest absolute Gasteiger partial charge is 0.333 e. The van der Waals surface area contributed by atoms with Crippen molar-refractivity contribution in [2.75, 3.05) is 19.8 Å². The molecule has 0 saturated carbocycles. The lowest BCUT2D eigenvalue weighted by atomic mass is 9.97. The lowest BCUT2D eigenvalue weighted by Crippen LogP contribution is -2.62. The largest absolute Gasteiger partial charge is 0.460 e. The molecule has 0 bridgehead atoms. The van der Waals surface area contributed by atoms with Gasteiger partial charge in [-0.25, -0.2) is 14.4 Å². The molecule has 0 amide bonds. The van der Waals surface area contributed by atoms with Gasteiger partial charge in [0.1, 0.15) is 25.4 Å². The fraction of sp³-hybridized carbons (Fsp3) is 0.550. The van der Waals surface area contributed by atoms with Gasteiger partial charge in [0.25, 0.3) is 0 Å². The first-order valence-electron chi connectivity index (χ1n) is 8.46. The molecule has 0 atom stereocenters. The zero-order chi connectivity index (χ0) is 21.4. The molecular weight excluding hydrogens is 350 g/mol. The molecule has 0 aromatic carbocycles. The average Bonchev–Trinajstić information content (AvgIpc) is 2.53. The molecule has 0 aliphatic carbocycles. The highest BCUT2D eigenvalue weighted by molar-refractivity contribution is 5.88. The van der Waals surface area contributed by atoms with Gasteiger partial charge in [-0.2, -0.15) is 0 Å². The van der Waals surface area contributed by atoms with Crippen LogP contribution in [0, 0.1) is 0 Å². The minimum absolute atomic E-state index is 0.205. The Morgan fingerprint density at radius 2 is 0.963 bits per heavy atom. The summed E-state index contributed by atoms with van der Waals surface area (Å²) in [5, 5.41) is 3.23. The minimum atomic E-state index is -1.17. The van der Waals surface area contributed by atoms with Crippen LogP contribution in [0.5, 0.6) is 0 Å². The molecule has 0 aromatic rings. The molecule has 0 unspecified atom stereocenters. The molecule has 0 aliphatic heterocycles. The number of carbonyl (C=O) groups is 3. The van der Waals surface area contributed by atoms with Crippen LogP contribution in [0.4, 0.5) is 0 Å². The van der Waals surface area contributed by atoms with Crippen molar-refractivity contribution < 1.29 is 28.6 Å². The summed E-state index contributed by atoms with van der Waals surface area (Å²) in [6.45, 7) is 20.2. The summed E-state index contributed by atoms with van der Waals surface area (Å²) < 4.78 is 15.8. The molecule has 152 valence electrons. The van der Waals surface area contributed by atoms with Crippen LogP contribution in [0.1, 0.15) is 41.5 Å². The van der Waals surface area contributed by atoms with Crippen LogP contribution in [-0.4, -0.2) is 48.8 Å². The zero-order valence-electron chi connectivity index (χ0n) is 17.2. The summed E-state index contributed by atoms with van der Waals surface area (Å²) >= 11 is 0. The number of ether oxygens (including phenoxy) is 3. The van der Waals surface area contributed by atoms with Gasteiger partial charge in [0.15, 0.2) is 0 Å². The summed E-state index contributed by atoms with van der Waals surface area (Å²) in [4.78, 5) is 35.6. The van der Waals surface area contributed by atoms with Crippen molar-refractivity contribution in [1.82, 2.24) is 5.32 Å². The first-order chi connectivity index (χ1) is 12.2. The molecule has 7 nitrogen and oxygen atoms in total. The fourth-order valence-corrected chi connectivity index (χ4v) is 2.01. The van der Waals surface area contributed by atoms with E-state index in [1.165, 1.54) is 20.8 Å². The molecule has 0 aromatic heterocycles. The number of rotatable bonds is 10. The van der Waals surface area contributed by atoms with E-state index in [-0.39, 0.29) is 36.5 Å². The van der Waals surface area contributed by atoms with Crippen molar-refractivity contribution in [3.63, 3.8) is 0 Å². The fourth-order valence-electron chi connectivity index (χ4n) is 2.01. The lowest BCUT2D eigenvalue weighted by Gasteiger charge is -2.39. The third kappa shape index (κ3) is 9.75. The molecule has 1 N–H and O–H groups in total. The van der Waals surface area contributed by atoms with E-state index < -0.39 is 29.0 Å². The Morgan fingerprint density at radius 1 is 0.704 bits per heavy atom. The van der Waals surface area contributed by atoms with Crippen LogP contribution in [0.2, 0.25) is 0 Å². The van der Waals surface area contributed by atoms with Gasteiger partial charge < -0.3 is 14.2 Å². The maximum Gasteiger partial charge on any atom is 0.333 e. The quantitative estimate of drug-likeness (QED) is 0.353. The van der Waals surface area contributed by atoms with Gasteiger partial charge in [0.2, 0.25) is 0 Å². The maximum absolute atomic E-state index is 11.9. The third-order valence-corrected chi connectivity index (χ3v) is 3.12. The van der Waals surface area contributed by atoms with Crippen molar-refractivity contribution in [3.05, 3.63) is 36.5 Å². The topological polar surface area (TPSA) is 90.9 Å². The van der Waals surface area contributed by atoms with Gasteiger partial charge >= 0.3 is 17.9 Å². The first kappa shape index (κ1) is 24.6. The molecule has 0 rings (SSSR count). The van der Waals surface area contributed by atoms with Crippen molar-refractivity contribution in [3.8, 4) is 0 Å². The predicted octanol–water partition coefficient (Wildman–Crippen LogP) is 2.47. The summed E-state index contributed by atoms with van der Waals surface area (Å²) in [5.41, 5.74) is -0.979. The summed E-state index contributed by atoms with van der Waals surface area (Å²) in [5.74, 6) is -1.81. The number of nitrogens with one attached hydrogen (secondary N) is 1. The normalized spacial score (nSPS) is 11.3. The van der Waals surface area contributed by atoms with E-state index in [4.69, 9.17) is 14.2 Å². The second-order valence-corrected chi connectivity index (χ2v) is 7.72. The van der Waals surface area contributed by atoms with E-state index >= 15 is 0 Å². The Bertz CT molecular complexity index is 553. The van der Waals surface area contributed by atoms with Crippen LogP contribution in [0.15, 0.2) is 36.5 Å². The highest BCUT2D eigenvalue weighted by Gasteiger charge is 2.39. The molecule has 7 heteroatoms. The number of esters is 3. The lowest BCUT2D eigenvalue weighted by molar-refractivity contribution is -0.153. The van der Waals surface area contributed by atoms with E-state index in [0.717, 1.165) is 0 Å². The molecule has 27 heavy (non-hydrogen) atoms. The molecule has 0 heterocycles. The molecule has 0 fully saturated rings. The Kier molecular flexibility index (Phi) is 9.16. The second kappa shape index (κ2) is 10.1. The van der Waals surface area contributed by atoms with Crippen LogP contribution in [-0.2, 0) is 28.6 Å². The van der Waals surface area contributed by atoms with Crippen LogP contribution < -0.4 is 5.32 Å². The van der Waals surface area contributed by atoms with Crippen molar-refractivity contribution in [2.24, 2.45) is 0 Å². The highest BCUT2D eigenvalue weighted by Crippen LogP contribution is 2.17. The van der Waals surface area contributed by atoms with Crippen LogP contribution >= 0.6 is 0 Å². The number of hydrogen-bond donors (Lipinski definition) is 1. The van der Waals surface area contributed by atoms with E-state index in [0.29, 0.717) is 0 Å². The Hall–Kier alpha value is -2.41. The molecule has 0 radical (unpaired) electrons. The van der Waals surface area contributed by atoms with E-state index in [9.17, 15) is 14.4 Å². The van der Waals surface area contributed by atoms with Crippen LogP contribution in [0.25, 0.3) is 0 Å². The Balaban J connectivity index is 5.63. The van der Waals surface area contributed by atoms with Crippen LogP contribution in [0.3, 0.4) is 0 Å². The first-order valence-corrected chi connectivity index (χ1v) is 8.46. The zero-order valence-corrected chi connectivity index (χ0v) is 17.2. The summed E-state index contributed by atoms with van der Waals surface area (Å²) in [6, 6.07) is 0. The average molecular weight is 381 g/mol. The molecule has 0 spiro atoms.